The van der Waals surface area contributed by atoms with Crippen LogP contribution in [0.3, 0.4) is 0 Å². The predicted octanol–water partition coefficient (Wildman–Crippen LogP) is -1.16. The van der Waals surface area contributed by atoms with Crippen LogP contribution in [0.5, 0.6) is 0 Å². The van der Waals surface area contributed by atoms with Gasteiger partial charge in [0.15, 0.2) is 0 Å². The maximum atomic E-state index is 5.40. The van der Waals surface area contributed by atoms with Crippen LogP contribution in [0.2, 0.25) is 0 Å². The fraction of sp³-hybridized carbons (Fsp3) is 0. The third-order valence-electron chi connectivity index (χ3n) is 0.776. The van der Waals surface area contributed by atoms with Crippen LogP contribution < -0.4 is 63.9 Å². The van der Waals surface area contributed by atoms with Crippen LogP contribution in [0.1, 0.15) is 0 Å². The minimum absolute atomic E-state index is 0. The fourth-order valence-corrected chi connectivity index (χ4v) is 0.857. The van der Waals surface area contributed by atoms with E-state index in [1.165, 1.54) is 0 Å². The summed E-state index contributed by atoms with van der Waals surface area (Å²) in [7, 11) is 0. The summed E-state index contributed by atoms with van der Waals surface area (Å²) in [6.45, 7) is 0. The zero-order valence-electron chi connectivity index (χ0n) is 5.19. The topological polar surface area (TPSA) is 26.0 Å². The van der Waals surface area contributed by atoms with Crippen molar-refractivity contribution in [3.8, 4) is 0 Å². The second-order valence-corrected chi connectivity index (χ2v) is 2.40. The number of benzene rings is 1. The molecular weight excluding hydrogens is 251 g/mol. The van der Waals surface area contributed by atoms with Crippen molar-refractivity contribution in [2.24, 2.45) is 0 Å². The smallest absolute Gasteiger partial charge is 0.449 e. The fourth-order valence-electron chi connectivity index (χ4n) is 0.460. The largest absolute Gasteiger partial charge is 1.00 e. The van der Waals surface area contributed by atoms with Gasteiger partial charge in [0.1, 0.15) is 0 Å². The third-order valence-corrected chi connectivity index (χ3v) is 1.23. The average molecular weight is 256 g/mol. The number of hydrogen-bond acceptors (Lipinski definition) is 1. The van der Waals surface area contributed by atoms with Gasteiger partial charge in [-0.05, 0) is 0 Å². The SMILES string of the molecule is Nc1c[c-]cc(Br)c1.[Rb+]. The summed E-state index contributed by atoms with van der Waals surface area (Å²) in [5.41, 5.74) is 6.13. The van der Waals surface area contributed by atoms with Gasteiger partial charge in [-0.25, -0.2) is 0 Å². The van der Waals surface area contributed by atoms with Gasteiger partial charge in [0.2, 0.25) is 0 Å². The van der Waals surface area contributed by atoms with E-state index in [1.54, 1.807) is 6.07 Å². The first-order valence-electron chi connectivity index (χ1n) is 2.21. The number of hydrogen-bond donors (Lipinski definition) is 1. The van der Waals surface area contributed by atoms with E-state index in [0.717, 1.165) is 10.2 Å². The molecule has 2 N–H and O–H groups in total. The zero-order valence-corrected chi connectivity index (χ0v) is 11.7. The Balaban J connectivity index is 0.000000640. The second-order valence-electron chi connectivity index (χ2n) is 1.48. The molecule has 0 aliphatic carbocycles. The molecule has 0 atom stereocenters. The van der Waals surface area contributed by atoms with Crippen molar-refractivity contribution in [3.63, 3.8) is 0 Å². The van der Waals surface area contributed by atoms with Gasteiger partial charge in [0.05, 0.1) is 0 Å². The molecule has 0 aromatic heterocycles. The molecule has 1 aromatic rings. The van der Waals surface area contributed by atoms with Gasteiger partial charge in [-0.1, -0.05) is 10.2 Å². The molecule has 0 spiro atoms. The first-order valence-corrected chi connectivity index (χ1v) is 3.00. The quantitative estimate of drug-likeness (QED) is 0.460. The molecule has 1 aromatic carbocycles. The molecule has 0 bridgehead atoms. The number of rotatable bonds is 0. The van der Waals surface area contributed by atoms with Gasteiger partial charge in [-0.3, -0.25) is 0 Å². The Morgan fingerprint density at radius 2 is 2.11 bits per heavy atom. The van der Waals surface area contributed by atoms with Gasteiger partial charge in [0, 0.05) is 0 Å². The Kier molecular flexibility index (Phi) is 5.75. The monoisotopic (exact) mass is 255 g/mol. The van der Waals surface area contributed by atoms with Gasteiger partial charge in [0.25, 0.3) is 0 Å². The molecular formula is C6H5BrNRb. The molecule has 0 saturated carbocycles. The Labute approximate surface area is 112 Å². The molecule has 0 aliphatic heterocycles. The molecule has 0 fully saturated rings. The van der Waals surface area contributed by atoms with Crippen molar-refractivity contribution < 1.29 is 58.2 Å². The third kappa shape index (κ3) is 3.89. The van der Waals surface area contributed by atoms with E-state index in [4.69, 9.17) is 5.73 Å². The molecule has 42 valence electrons. The first-order chi connectivity index (χ1) is 3.79. The normalized spacial score (nSPS) is 8.11. The van der Waals surface area contributed by atoms with Crippen molar-refractivity contribution in [3.05, 3.63) is 28.7 Å². The second kappa shape index (κ2) is 5.02. The Bertz CT molecular complexity index is 173. The van der Waals surface area contributed by atoms with E-state index in [9.17, 15) is 0 Å². The maximum absolute atomic E-state index is 5.40. The minimum Gasteiger partial charge on any atom is -0.449 e. The van der Waals surface area contributed by atoms with Crippen LogP contribution in [-0.2, 0) is 0 Å². The molecule has 0 aliphatic rings. The van der Waals surface area contributed by atoms with E-state index in [-0.39, 0.29) is 58.2 Å². The summed E-state index contributed by atoms with van der Waals surface area (Å²) in [5.74, 6) is 0. The molecule has 0 radical (unpaired) electrons. The summed E-state index contributed by atoms with van der Waals surface area (Å²) in [6, 6.07) is 8.23. The standard InChI is InChI=1S/C6H5BrN.Rb/c7-5-2-1-3-6(8)4-5;/h2-4H,8H2;/q-1;+1. The van der Waals surface area contributed by atoms with Crippen molar-refractivity contribution in [2.75, 3.05) is 5.73 Å². The molecule has 0 unspecified atom stereocenters. The van der Waals surface area contributed by atoms with Crippen LogP contribution in [-0.4, -0.2) is 0 Å². The van der Waals surface area contributed by atoms with Gasteiger partial charge < -0.3 is 5.73 Å². The van der Waals surface area contributed by atoms with Crippen LogP contribution in [0.25, 0.3) is 0 Å². The van der Waals surface area contributed by atoms with Crippen LogP contribution >= 0.6 is 15.9 Å². The molecule has 3 heteroatoms. The molecule has 0 saturated heterocycles. The van der Waals surface area contributed by atoms with E-state index in [2.05, 4.69) is 22.0 Å². The maximum Gasteiger partial charge on any atom is 1.00 e. The zero-order chi connectivity index (χ0) is 5.98. The summed E-state index contributed by atoms with van der Waals surface area (Å²) < 4.78 is 0.970. The molecule has 1 rings (SSSR count). The average Bonchev–Trinajstić information content (AvgIpc) is 1.64. The van der Waals surface area contributed by atoms with Crippen LogP contribution in [0.4, 0.5) is 5.69 Å². The van der Waals surface area contributed by atoms with Crippen molar-refractivity contribution in [1.29, 1.82) is 0 Å². The number of nitrogen functional groups attached to an aromatic ring is 1. The number of anilines is 1. The molecule has 0 heterocycles. The van der Waals surface area contributed by atoms with Gasteiger partial charge in [-0.2, -0.15) is 18.2 Å². The minimum atomic E-state index is 0. The number of nitrogens with two attached hydrogens (primary N) is 1. The molecule has 1 nitrogen and oxygen atoms in total. The Morgan fingerprint density at radius 1 is 1.44 bits per heavy atom. The summed E-state index contributed by atoms with van der Waals surface area (Å²) in [4.78, 5) is 0. The Morgan fingerprint density at radius 3 is 2.44 bits per heavy atom. The van der Waals surface area contributed by atoms with Crippen LogP contribution in [0, 0.1) is 6.07 Å². The number of halogens is 1. The van der Waals surface area contributed by atoms with E-state index < -0.39 is 0 Å². The first kappa shape index (κ1) is 10.3. The van der Waals surface area contributed by atoms with Gasteiger partial charge in [-0.15, -0.1) is 22.0 Å². The van der Waals surface area contributed by atoms with Crippen molar-refractivity contribution in [2.45, 2.75) is 0 Å². The molecule has 9 heavy (non-hydrogen) atoms. The summed E-state index contributed by atoms with van der Waals surface area (Å²) >= 11 is 3.25. The van der Waals surface area contributed by atoms with E-state index in [0.29, 0.717) is 0 Å². The van der Waals surface area contributed by atoms with E-state index >= 15 is 0 Å². The summed E-state index contributed by atoms with van der Waals surface area (Å²) in [5, 5.41) is 0. The van der Waals surface area contributed by atoms with Gasteiger partial charge >= 0.3 is 58.2 Å². The van der Waals surface area contributed by atoms with E-state index in [1.807, 2.05) is 12.1 Å². The predicted molar refractivity (Wildman–Crippen MR) is 37.4 cm³/mol. The molecule has 0 amide bonds. The van der Waals surface area contributed by atoms with Crippen molar-refractivity contribution >= 4 is 21.6 Å². The Hall–Kier alpha value is 1.31. The van der Waals surface area contributed by atoms with Crippen LogP contribution in [0.15, 0.2) is 22.7 Å². The van der Waals surface area contributed by atoms with Crippen molar-refractivity contribution in [1.82, 2.24) is 0 Å². The summed E-state index contributed by atoms with van der Waals surface area (Å²) in [6.07, 6.45) is 0.